The first-order chi connectivity index (χ1) is 17.1. The van der Waals surface area contributed by atoms with Crippen molar-refractivity contribution >= 4 is 46.6 Å². The van der Waals surface area contributed by atoms with Crippen molar-refractivity contribution < 1.29 is 9.53 Å². The fourth-order valence-corrected chi connectivity index (χ4v) is 5.13. The van der Waals surface area contributed by atoms with Gasteiger partial charge in [-0.1, -0.05) is 53.0 Å². The number of piperidine rings is 1. The highest BCUT2D eigenvalue weighted by Crippen LogP contribution is 2.30. The zero-order valence-electron chi connectivity index (χ0n) is 21.6. The minimum atomic E-state index is -0.424. The zero-order chi connectivity index (χ0) is 26.1. The molecule has 2 heterocycles. The van der Waals surface area contributed by atoms with Crippen LogP contribution in [-0.2, 0) is 4.74 Å². The van der Waals surface area contributed by atoms with Crippen LogP contribution in [0.3, 0.4) is 0 Å². The fourth-order valence-electron chi connectivity index (χ4n) is 4.46. The Morgan fingerprint density at radius 3 is 2.06 bits per heavy atom. The second-order valence-corrected chi connectivity index (χ2v) is 11.7. The van der Waals surface area contributed by atoms with E-state index in [0.29, 0.717) is 10.9 Å². The van der Waals surface area contributed by atoms with Gasteiger partial charge in [0.15, 0.2) is 0 Å². The lowest BCUT2D eigenvalue weighted by molar-refractivity contribution is 0.0177. The second kappa shape index (κ2) is 13.8. The predicted molar refractivity (Wildman–Crippen MR) is 152 cm³/mol. The van der Waals surface area contributed by atoms with Crippen LogP contribution in [0.4, 0.5) is 10.5 Å². The van der Waals surface area contributed by atoms with E-state index < -0.39 is 5.60 Å². The first-order valence-corrected chi connectivity index (χ1v) is 13.8. The van der Waals surface area contributed by atoms with Crippen LogP contribution in [0.25, 0.3) is 0 Å². The molecule has 0 bridgehead atoms. The summed E-state index contributed by atoms with van der Waals surface area (Å²) in [6, 6.07) is 15.2. The molecule has 0 spiro atoms. The van der Waals surface area contributed by atoms with Crippen molar-refractivity contribution in [1.82, 2.24) is 9.80 Å². The molecule has 198 valence electrons. The van der Waals surface area contributed by atoms with Crippen molar-refractivity contribution in [2.75, 3.05) is 50.7 Å². The summed E-state index contributed by atoms with van der Waals surface area (Å²) >= 11 is 17.9. The van der Waals surface area contributed by atoms with E-state index in [-0.39, 0.29) is 6.09 Å². The van der Waals surface area contributed by atoms with E-state index in [1.807, 2.05) is 74.2 Å². The van der Waals surface area contributed by atoms with E-state index >= 15 is 0 Å². The normalized spacial score (nSPS) is 17.4. The molecule has 0 saturated carbocycles. The van der Waals surface area contributed by atoms with Crippen molar-refractivity contribution in [1.29, 1.82) is 0 Å². The van der Waals surface area contributed by atoms with Gasteiger partial charge in [-0.3, -0.25) is 4.90 Å². The van der Waals surface area contributed by atoms with E-state index in [1.54, 1.807) is 0 Å². The maximum Gasteiger partial charge on any atom is 0.410 e. The topological polar surface area (TPSA) is 36.0 Å². The fraction of sp³-hybridized carbons (Fsp3) is 0.536. The van der Waals surface area contributed by atoms with Gasteiger partial charge in [0.1, 0.15) is 5.60 Å². The van der Waals surface area contributed by atoms with Crippen molar-refractivity contribution in [3.8, 4) is 0 Å². The number of carbonyl (C=O) groups is 1. The lowest BCUT2D eigenvalue weighted by Gasteiger charge is -2.38. The van der Waals surface area contributed by atoms with Crippen LogP contribution in [0.1, 0.15) is 40.0 Å². The Hall–Kier alpha value is -1.66. The van der Waals surface area contributed by atoms with Crippen LogP contribution in [0.15, 0.2) is 48.5 Å². The van der Waals surface area contributed by atoms with Crippen molar-refractivity contribution in [2.24, 2.45) is 5.92 Å². The summed E-state index contributed by atoms with van der Waals surface area (Å²) in [6.45, 7) is 12.6. The summed E-state index contributed by atoms with van der Waals surface area (Å²) in [5.74, 6) is 0.692. The number of anilines is 1. The van der Waals surface area contributed by atoms with E-state index in [0.717, 1.165) is 74.4 Å². The maximum atomic E-state index is 12.2. The number of amides is 1. The SMILES string of the molecule is CC(C)(C)OC(=O)N1CCC(CCN2CCN(c3ccc(Cl)cc3Cl)CC2)CC1.Clc1ccccc1. The minimum Gasteiger partial charge on any atom is -0.444 e. The Bertz CT molecular complexity index is 952. The number of benzene rings is 2. The summed E-state index contributed by atoms with van der Waals surface area (Å²) in [6.07, 6.45) is 3.16. The van der Waals surface area contributed by atoms with Gasteiger partial charge < -0.3 is 14.5 Å². The second-order valence-electron chi connectivity index (χ2n) is 10.4. The molecule has 0 unspecified atom stereocenters. The molecule has 5 nitrogen and oxygen atoms in total. The summed E-state index contributed by atoms with van der Waals surface area (Å²) in [5.41, 5.74) is 0.650. The molecule has 2 saturated heterocycles. The standard InChI is InChI=1S/C22H33Cl2N3O2.C6H5Cl/c1-22(2,3)29-21(28)27-10-7-17(8-11-27)6-9-25-12-14-26(15-13-25)20-5-4-18(23)16-19(20)24;7-6-4-2-1-3-5-6/h4-5,16-17H,6-15H2,1-3H3;1-5H. The van der Waals surface area contributed by atoms with Gasteiger partial charge in [-0.25, -0.2) is 4.79 Å². The van der Waals surface area contributed by atoms with E-state index in [2.05, 4.69) is 9.80 Å². The Kier molecular flexibility index (Phi) is 11.0. The van der Waals surface area contributed by atoms with Gasteiger partial charge in [0.05, 0.1) is 10.7 Å². The molecule has 2 fully saturated rings. The summed E-state index contributed by atoms with van der Waals surface area (Å²) in [5, 5.41) is 2.19. The van der Waals surface area contributed by atoms with Crippen molar-refractivity contribution in [3.63, 3.8) is 0 Å². The number of ether oxygens (including phenoxy) is 1. The first kappa shape index (κ1) is 28.9. The van der Waals surface area contributed by atoms with E-state index in [1.165, 1.54) is 6.42 Å². The third-order valence-electron chi connectivity index (χ3n) is 6.48. The molecule has 0 aromatic heterocycles. The zero-order valence-corrected chi connectivity index (χ0v) is 23.8. The molecular formula is C28H38Cl3N3O2. The Balaban J connectivity index is 0.000000444. The van der Waals surface area contributed by atoms with E-state index in [9.17, 15) is 4.79 Å². The summed E-state index contributed by atoms with van der Waals surface area (Å²) in [7, 11) is 0. The van der Waals surface area contributed by atoms with Crippen LogP contribution in [0.5, 0.6) is 0 Å². The molecule has 0 radical (unpaired) electrons. The van der Waals surface area contributed by atoms with Gasteiger partial charge in [-0.05, 0) is 82.8 Å². The number of carbonyl (C=O) groups excluding carboxylic acids is 1. The monoisotopic (exact) mass is 553 g/mol. The first-order valence-electron chi connectivity index (χ1n) is 12.7. The predicted octanol–water partition coefficient (Wildman–Crippen LogP) is 7.49. The molecule has 0 N–H and O–H groups in total. The molecule has 2 aromatic carbocycles. The molecule has 2 aliphatic rings. The molecule has 4 rings (SSSR count). The quantitative estimate of drug-likeness (QED) is 0.392. The molecule has 0 atom stereocenters. The van der Waals surface area contributed by atoms with Crippen LogP contribution < -0.4 is 4.90 Å². The van der Waals surface area contributed by atoms with Crippen molar-refractivity contribution in [3.05, 3.63) is 63.6 Å². The average molecular weight is 555 g/mol. The largest absolute Gasteiger partial charge is 0.444 e. The number of halogens is 3. The van der Waals surface area contributed by atoms with Gasteiger partial charge in [0.2, 0.25) is 0 Å². The van der Waals surface area contributed by atoms with Crippen LogP contribution >= 0.6 is 34.8 Å². The molecule has 8 heteroatoms. The number of piperazine rings is 1. The van der Waals surface area contributed by atoms with E-state index in [4.69, 9.17) is 39.5 Å². The number of likely N-dealkylation sites (tertiary alicyclic amines) is 1. The van der Waals surface area contributed by atoms with Gasteiger partial charge in [-0.15, -0.1) is 0 Å². The highest BCUT2D eigenvalue weighted by atomic mass is 35.5. The van der Waals surface area contributed by atoms with Crippen molar-refractivity contribution in [2.45, 2.75) is 45.6 Å². The lowest BCUT2D eigenvalue weighted by Crippen LogP contribution is -2.47. The van der Waals surface area contributed by atoms with Gasteiger partial charge in [0.25, 0.3) is 0 Å². The lowest BCUT2D eigenvalue weighted by atomic mass is 9.93. The Morgan fingerprint density at radius 2 is 1.53 bits per heavy atom. The number of nitrogens with zero attached hydrogens (tertiary/aromatic N) is 3. The smallest absolute Gasteiger partial charge is 0.410 e. The van der Waals surface area contributed by atoms with Crippen LogP contribution in [0, 0.1) is 5.92 Å². The maximum absolute atomic E-state index is 12.2. The van der Waals surface area contributed by atoms with Gasteiger partial charge in [0, 0.05) is 49.3 Å². The third-order valence-corrected chi connectivity index (χ3v) is 7.27. The third kappa shape index (κ3) is 9.66. The molecule has 0 aliphatic carbocycles. The molecule has 2 aromatic rings. The van der Waals surface area contributed by atoms with Gasteiger partial charge >= 0.3 is 6.09 Å². The summed E-state index contributed by atoms with van der Waals surface area (Å²) in [4.78, 5) is 18.9. The minimum absolute atomic E-state index is 0.173. The molecule has 1 amide bonds. The summed E-state index contributed by atoms with van der Waals surface area (Å²) < 4.78 is 5.49. The van der Waals surface area contributed by atoms with Crippen LogP contribution in [-0.4, -0.2) is 67.3 Å². The van der Waals surface area contributed by atoms with Gasteiger partial charge in [-0.2, -0.15) is 0 Å². The molecule has 2 aliphatic heterocycles. The average Bonchev–Trinajstić information content (AvgIpc) is 2.83. The highest BCUT2D eigenvalue weighted by molar-refractivity contribution is 6.36. The number of hydrogen-bond donors (Lipinski definition) is 0. The Labute approximate surface area is 231 Å². The van der Waals surface area contributed by atoms with Crippen LogP contribution in [0.2, 0.25) is 15.1 Å². The number of rotatable bonds is 4. The molecule has 36 heavy (non-hydrogen) atoms. The highest BCUT2D eigenvalue weighted by Gasteiger charge is 2.27. The number of hydrogen-bond acceptors (Lipinski definition) is 4. The Morgan fingerprint density at radius 1 is 0.889 bits per heavy atom. The molecular weight excluding hydrogens is 517 g/mol.